The van der Waals surface area contributed by atoms with Crippen LogP contribution < -0.4 is 58.5 Å². The standard InChI is InChI=1S/C57H93N15O13S2/c1-34(2)28-42(66-47(76)32-62-50(79)40(20-14-17-27-72(10)11)70-56(84)85-57(5,6)7)51(80)63-31-46(75)65-39(19-13-16-26-71(8)9)49(78)61-30-45(74)60-25-24-58-35(3)48(77)67-41(18-12-15-23-59-36(4)73)52(81)64-37-21-22-38-44(29-37)87-54(68-38)53-69-43(33-86-53)55(82)83/h21-22,29,34-35,39-43,58H,12-20,23-28,30-33H2,1-11H3,(H,59,73)(H,60,74)(H,61,78)(H,62,79)(H,63,80)(H,64,81)(H,65,75)(H,66,76)(H,67,77)(H,70,84)(H,82,83). The predicted molar refractivity (Wildman–Crippen MR) is 334 cm³/mol. The topological polar surface area (TPSA) is 381 Å². The molecule has 2 aromatic rings. The van der Waals surface area contributed by atoms with Crippen LogP contribution in [0.4, 0.5) is 10.5 Å². The number of aliphatic carboxylic acids is 1. The predicted octanol–water partition coefficient (Wildman–Crippen LogP) is 0.788. The van der Waals surface area contributed by atoms with E-state index in [0.717, 1.165) is 17.7 Å². The van der Waals surface area contributed by atoms with Gasteiger partial charge in [-0.05, 0) is 157 Å². The lowest BCUT2D eigenvalue weighted by Crippen LogP contribution is -2.54. The number of unbranched alkanes of at least 4 members (excludes halogenated alkanes) is 3. The van der Waals surface area contributed by atoms with Crippen molar-refractivity contribution in [2.24, 2.45) is 10.9 Å². The van der Waals surface area contributed by atoms with Gasteiger partial charge in [-0.15, -0.1) is 23.1 Å². The molecule has 0 aliphatic carbocycles. The lowest BCUT2D eigenvalue weighted by molar-refractivity contribution is -0.138. The van der Waals surface area contributed by atoms with Crippen LogP contribution in [0.1, 0.15) is 118 Å². The van der Waals surface area contributed by atoms with Gasteiger partial charge in [-0.2, -0.15) is 0 Å². The number of hydrogen-bond donors (Lipinski definition) is 12. The first-order valence-corrected chi connectivity index (χ1v) is 31.2. The van der Waals surface area contributed by atoms with Crippen LogP contribution in [0.3, 0.4) is 0 Å². The number of carbonyl (C=O) groups excluding carboxylic acids is 10. The van der Waals surface area contributed by atoms with E-state index >= 15 is 0 Å². The molecule has 1 aromatic heterocycles. The van der Waals surface area contributed by atoms with E-state index in [4.69, 9.17) is 4.74 Å². The summed E-state index contributed by atoms with van der Waals surface area (Å²) in [6, 6.07) is -0.636. The third-order valence-corrected chi connectivity index (χ3v) is 15.2. The number of nitrogens with one attached hydrogen (secondary N) is 11. The van der Waals surface area contributed by atoms with Gasteiger partial charge < -0.3 is 78.1 Å². The number of fused-ring (bicyclic) bond motifs is 1. The van der Waals surface area contributed by atoms with E-state index in [1.165, 1.54) is 30.0 Å². The zero-order valence-corrected chi connectivity index (χ0v) is 53.8. The van der Waals surface area contributed by atoms with Gasteiger partial charge in [0.15, 0.2) is 6.04 Å². The first-order valence-electron chi connectivity index (χ1n) is 29.4. The van der Waals surface area contributed by atoms with Gasteiger partial charge in [0.2, 0.25) is 53.2 Å². The maximum absolute atomic E-state index is 13.7. The average molecular weight is 1260 g/mol. The fourth-order valence-corrected chi connectivity index (χ4v) is 10.6. The fourth-order valence-electron chi connectivity index (χ4n) is 8.50. The molecule has 0 spiro atoms. The number of anilines is 1. The van der Waals surface area contributed by atoms with Crippen molar-refractivity contribution < 1.29 is 62.6 Å². The fraction of sp³-hybridized carbons (Fsp3) is 0.667. The first-order chi connectivity index (χ1) is 41.0. The number of thiazole rings is 1. The van der Waals surface area contributed by atoms with Crippen LogP contribution >= 0.6 is 23.1 Å². The third kappa shape index (κ3) is 30.4. The number of carbonyl (C=O) groups is 11. The molecule has 0 saturated heterocycles. The molecule has 0 bridgehead atoms. The molecule has 6 atom stereocenters. The van der Waals surface area contributed by atoms with Crippen LogP contribution in [0.5, 0.6) is 0 Å². The van der Waals surface area contributed by atoms with Gasteiger partial charge in [0.05, 0.1) is 35.9 Å². The van der Waals surface area contributed by atoms with E-state index in [0.29, 0.717) is 72.2 Å². The summed E-state index contributed by atoms with van der Waals surface area (Å²) in [4.78, 5) is 155. The quantitative estimate of drug-likeness (QED) is 0.0412. The smallest absolute Gasteiger partial charge is 0.408 e. The van der Waals surface area contributed by atoms with Gasteiger partial charge in [0, 0.05) is 38.0 Å². The molecule has 1 aromatic carbocycles. The van der Waals surface area contributed by atoms with E-state index in [9.17, 15) is 57.8 Å². The van der Waals surface area contributed by atoms with Gasteiger partial charge in [0.25, 0.3) is 0 Å². The zero-order valence-electron chi connectivity index (χ0n) is 52.2. The molecule has 1 aliphatic heterocycles. The highest BCUT2D eigenvalue weighted by Crippen LogP contribution is 2.31. The van der Waals surface area contributed by atoms with Crippen LogP contribution in [0.25, 0.3) is 10.2 Å². The largest absolute Gasteiger partial charge is 0.480 e. The number of ether oxygens (including phenoxy) is 1. The number of nitrogens with zero attached hydrogens (tertiary/aromatic N) is 4. The van der Waals surface area contributed by atoms with Crippen molar-refractivity contribution in [1.29, 1.82) is 0 Å². The lowest BCUT2D eigenvalue weighted by Gasteiger charge is -2.24. The third-order valence-electron chi connectivity index (χ3n) is 13.0. The highest BCUT2D eigenvalue weighted by Gasteiger charge is 2.30. The summed E-state index contributed by atoms with van der Waals surface area (Å²) in [6.07, 6.45) is 3.78. The molecule has 30 heteroatoms. The van der Waals surface area contributed by atoms with Crippen LogP contribution in [-0.2, 0) is 52.7 Å². The number of benzene rings is 1. The molecular weight excluding hydrogens is 1170 g/mol. The minimum absolute atomic E-state index is 0.0515. The number of rotatable bonds is 39. The first kappa shape index (κ1) is 74.2. The Morgan fingerprint density at radius 3 is 1.72 bits per heavy atom. The van der Waals surface area contributed by atoms with Gasteiger partial charge in [-0.3, -0.25) is 48.1 Å². The Morgan fingerprint density at radius 1 is 0.644 bits per heavy atom. The highest BCUT2D eigenvalue weighted by molar-refractivity contribution is 8.15. The number of aliphatic imine (C=N–C) groups is 1. The SMILES string of the molecule is CC(=O)NCCCCC(NC(=O)C(C)NCCNC(=O)CNC(=O)C(CCCCN(C)C)NC(=O)CNC(=O)C(CC(C)C)NC(=O)CNC(=O)C(CCCCN(C)C)NC(=O)OC(C)(C)C)C(=O)Nc1ccc2nc(C3=NC(C(=O)O)CS3)sc2c1. The van der Waals surface area contributed by atoms with E-state index in [1.807, 2.05) is 51.8 Å². The maximum atomic E-state index is 13.7. The second-order valence-corrected chi connectivity index (χ2v) is 25.2. The molecule has 2 heterocycles. The molecule has 12 N–H and O–H groups in total. The molecule has 1 aliphatic rings. The minimum Gasteiger partial charge on any atom is -0.480 e. The van der Waals surface area contributed by atoms with Crippen molar-refractivity contribution in [3.63, 3.8) is 0 Å². The van der Waals surface area contributed by atoms with Gasteiger partial charge in [-0.1, -0.05) is 13.8 Å². The molecule has 10 amide bonds. The summed E-state index contributed by atoms with van der Waals surface area (Å²) in [5.41, 5.74) is 0.287. The van der Waals surface area contributed by atoms with Crippen LogP contribution in [0, 0.1) is 5.92 Å². The van der Waals surface area contributed by atoms with E-state index in [2.05, 4.69) is 68.5 Å². The molecule has 87 heavy (non-hydrogen) atoms. The van der Waals surface area contributed by atoms with E-state index in [-0.39, 0.29) is 50.6 Å². The number of amides is 10. The van der Waals surface area contributed by atoms with Crippen LogP contribution in [0.2, 0.25) is 0 Å². The van der Waals surface area contributed by atoms with E-state index in [1.54, 1.807) is 45.9 Å². The Morgan fingerprint density at radius 2 is 1.18 bits per heavy atom. The van der Waals surface area contributed by atoms with Gasteiger partial charge in [0.1, 0.15) is 39.8 Å². The van der Waals surface area contributed by atoms with Crippen LogP contribution in [0.15, 0.2) is 23.2 Å². The minimum atomic E-state index is -1.09. The Hall–Kier alpha value is -7.02. The van der Waals surface area contributed by atoms with Crippen molar-refractivity contribution in [1.82, 2.24) is 68.0 Å². The maximum Gasteiger partial charge on any atom is 0.408 e. The van der Waals surface area contributed by atoms with Crippen molar-refractivity contribution in [3.05, 3.63) is 23.2 Å². The molecule has 0 saturated carbocycles. The van der Waals surface area contributed by atoms with Gasteiger partial charge in [-0.25, -0.2) is 14.6 Å². The second kappa shape index (κ2) is 38.3. The van der Waals surface area contributed by atoms with Crippen molar-refractivity contribution >= 4 is 109 Å². The summed E-state index contributed by atoms with van der Waals surface area (Å²) in [6.45, 7) is 12.3. The molecule has 0 radical (unpaired) electrons. The highest BCUT2D eigenvalue weighted by atomic mass is 32.2. The number of alkyl carbamates (subject to hydrolysis) is 1. The molecule has 6 unspecified atom stereocenters. The Balaban J connectivity index is 1.53. The second-order valence-electron chi connectivity index (χ2n) is 23.2. The number of aromatic nitrogens is 1. The monoisotopic (exact) mass is 1260 g/mol. The number of thioether (sulfide) groups is 1. The summed E-state index contributed by atoms with van der Waals surface area (Å²) >= 11 is 2.63. The van der Waals surface area contributed by atoms with Crippen molar-refractivity contribution in [2.75, 3.05) is 91.6 Å². The zero-order chi connectivity index (χ0) is 64.8. The Labute approximate surface area is 517 Å². The normalized spacial score (nSPS) is 14.8. The summed E-state index contributed by atoms with van der Waals surface area (Å²) in [5, 5.41) is 40.1. The molecular formula is C57H93N15O13S2. The van der Waals surface area contributed by atoms with Crippen LogP contribution in [-0.4, -0.2) is 218 Å². The lowest BCUT2D eigenvalue weighted by atomic mass is 10.0. The summed E-state index contributed by atoms with van der Waals surface area (Å²) in [7, 11) is 7.65. The van der Waals surface area contributed by atoms with E-state index < -0.39 is 121 Å². The number of carboxylic acids is 1. The summed E-state index contributed by atoms with van der Waals surface area (Å²) < 4.78 is 6.08. The number of carboxylic acid groups (broad SMARTS) is 1. The molecule has 3 rings (SSSR count). The molecule has 0 fully saturated rings. The summed E-state index contributed by atoms with van der Waals surface area (Å²) in [5.74, 6) is -5.80. The molecule has 486 valence electrons. The molecule has 28 nitrogen and oxygen atoms in total. The van der Waals surface area contributed by atoms with Crippen molar-refractivity contribution in [2.45, 2.75) is 155 Å². The van der Waals surface area contributed by atoms with Gasteiger partial charge >= 0.3 is 12.1 Å². The number of hydrogen-bond acceptors (Lipinski definition) is 19. The Kier molecular flexibility index (Phi) is 32.7. The Bertz CT molecular complexity index is 2680. The average Bonchev–Trinajstić information content (AvgIpc) is 2.00. The van der Waals surface area contributed by atoms with Crippen molar-refractivity contribution in [3.8, 4) is 0 Å².